The molecule has 0 bridgehead atoms. The molecule has 0 atom stereocenters. The van der Waals surface area contributed by atoms with Crippen molar-refractivity contribution in [3.05, 3.63) is 65.5 Å². The normalized spacial score (nSPS) is 22.2. The standard InChI is InChI=1S/C27H30FN5O/c28-22-5-4-8-24(17-22)33-26(34)31-25(30-23-6-2-1-3-7-23)27(33)13-15-32(16-14-27)19-21-11-9-20(18-29)10-12-21/h4-5,8-12,17,23H,1-3,6-7,13-16,19H2,(H,30,31,34). The molecule has 5 rings (SSSR count). The minimum atomic E-state index is -0.580. The SMILES string of the molecule is N#Cc1ccc(CN2CCC3(CC2)C(=NC2CCCCC2)NC(=O)N3c2cccc(F)c2)cc1. The minimum Gasteiger partial charge on any atom is -0.299 e. The Hall–Kier alpha value is -3.24. The molecular formula is C27H30FN5O. The third-order valence-corrected chi connectivity index (χ3v) is 7.42. The Morgan fingerprint density at radius 1 is 1.09 bits per heavy atom. The molecule has 1 saturated carbocycles. The number of nitrogens with zero attached hydrogens (tertiary/aromatic N) is 4. The molecule has 2 saturated heterocycles. The first-order valence-electron chi connectivity index (χ1n) is 12.2. The van der Waals surface area contributed by atoms with E-state index in [2.05, 4.69) is 16.3 Å². The summed E-state index contributed by atoms with van der Waals surface area (Å²) in [6.07, 6.45) is 7.16. The maximum Gasteiger partial charge on any atom is 0.328 e. The molecule has 0 radical (unpaired) electrons. The van der Waals surface area contributed by atoms with Crippen LogP contribution in [0, 0.1) is 17.1 Å². The van der Waals surface area contributed by atoms with Gasteiger partial charge >= 0.3 is 6.03 Å². The molecule has 176 valence electrons. The van der Waals surface area contributed by atoms with E-state index in [4.69, 9.17) is 10.3 Å². The molecule has 1 N–H and O–H groups in total. The van der Waals surface area contributed by atoms with Gasteiger partial charge in [-0.2, -0.15) is 5.26 Å². The van der Waals surface area contributed by atoms with Gasteiger partial charge < -0.3 is 0 Å². The molecule has 1 spiro atoms. The Labute approximate surface area is 200 Å². The predicted octanol–water partition coefficient (Wildman–Crippen LogP) is 4.99. The van der Waals surface area contributed by atoms with E-state index in [0.717, 1.165) is 56.7 Å². The summed E-state index contributed by atoms with van der Waals surface area (Å²) in [4.78, 5) is 22.4. The van der Waals surface area contributed by atoms with Gasteiger partial charge in [0.2, 0.25) is 0 Å². The van der Waals surface area contributed by atoms with Crippen molar-refractivity contribution >= 4 is 17.6 Å². The number of amidine groups is 1. The molecule has 0 unspecified atom stereocenters. The van der Waals surface area contributed by atoms with Crippen LogP contribution >= 0.6 is 0 Å². The largest absolute Gasteiger partial charge is 0.328 e. The number of benzene rings is 2. The van der Waals surface area contributed by atoms with Crippen molar-refractivity contribution in [1.29, 1.82) is 5.26 Å². The van der Waals surface area contributed by atoms with Crippen molar-refractivity contribution in [2.24, 2.45) is 4.99 Å². The number of carbonyl (C=O) groups is 1. The fourth-order valence-corrected chi connectivity index (χ4v) is 5.58. The van der Waals surface area contributed by atoms with Gasteiger partial charge in [-0.15, -0.1) is 0 Å². The minimum absolute atomic E-state index is 0.222. The van der Waals surface area contributed by atoms with Crippen LogP contribution in [-0.4, -0.2) is 41.4 Å². The zero-order valence-corrected chi connectivity index (χ0v) is 19.3. The molecule has 34 heavy (non-hydrogen) atoms. The van der Waals surface area contributed by atoms with Crippen LogP contribution in [0.15, 0.2) is 53.5 Å². The number of halogens is 1. The Morgan fingerprint density at radius 3 is 2.50 bits per heavy atom. The summed E-state index contributed by atoms with van der Waals surface area (Å²) in [6, 6.07) is 16.2. The molecular weight excluding hydrogens is 429 g/mol. The highest BCUT2D eigenvalue weighted by atomic mass is 19.1. The van der Waals surface area contributed by atoms with E-state index in [1.165, 1.54) is 31.4 Å². The summed E-state index contributed by atoms with van der Waals surface area (Å²) in [7, 11) is 0. The second-order valence-corrected chi connectivity index (χ2v) is 9.63. The van der Waals surface area contributed by atoms with Crippen molar-refractivity contribution in [2.45, 2.75) is 63.1 Å². The summed E-state index contributed by atoms with van der Waals surface area (Å²) < 4.78 is 14.1. The van der Waals surface area contributed by atoms with Gasteiger partial charge in [-0.25, -0.2) is 9.18 Å². The number of hydrogen-bond acceptors (Lipinski definition) is 4. The monoisotopic (exact) mass is 459 g/mol. The summed E-state index contributed by atoms with van der Waals surface area (Å²) in [5, 5.41) is 12.1. The summed E-state index contributed by atoms with van der Waals surface area (Å²) >= 11 is 0. The van der Waals surface area contributed by atoms with Gasteiger partial charge in [0.25, 0.3) is 0 Å². The second kappa shape index (κ2) is 9.55. The number of carbonyl (C=O) groups excluding carboxylic acids is 1. The number of aliphatic imine (C=N–C) groups is 1. The highest BCUT2D eigenvalue weighted by molar-refractivity contribution is 6.19. The molecule has 3 aliphatic rings. The number of hydrogen-bond donors (Lipinski definition) is 1. The van der Waals surface area contributed by atoms with E-state index in [1.807, 2.05) is 24.3 Å². The van der Waals surface area contributed by atoms with E-state index in [-0.39, 0.29) is 17.9 Å². The number of anilines is 1. The number of urea groups is 1. The van der Waals surface area contributed by atoms with Crippen molar-refractivity contribution in [3.63, 3.8) is 0 Å². The average Bonchev–Trinajstić information content (AvgIpc) is 3.12. The summed E-state index contributed by atoms with van der Waals surface area (Å²) in [6.45, 7) is 2.38. The Kier molecular flexibility index (Phi) is 6.34. The number of rotatable bonds is 4. The van der Waals surface area contributed by atoms with Gasteiger partial charge in [0, 0.05) is 25.3 Å². The number of piperidine rings is 1. The lowest BCUT2D eigenvalue weighted by Crippen LogP contribution is -2.57. The third-order valence-electron chi connectivity index (χ3n) is 7.42. The zero-order valence-electron chi connectivity index (χ0n) is 19.3. The quantitative estimate of drug-likeness (QED) is 0.700. The molecule has 7 heteroatoms. The van der Waals surface area contributed by atoms with E-state index >= 15 is 0 Å². The smallest absolute Gasteiger partial charge is 0.299 e. The maximum atomic E-state index is 14.1. The maximum absolute atomic E-state index is 14.1. The number of amides is 2. The Bertz CT molecular complexity index is 1110. The van der Waals surface area contributed by atoms with Gasteiger partial charge in [0.05, 0.1) is 17.7 Å². The molecule has 2 amide bonds. The van der Waals surface area contributed by atoms with E-state index < -0.39 is 5.54 Å². The zero-order chi connectivity index (χ0) is 23.5. The van der Waals surface area contributed by atoms with Crippen LogP contribution in [0.3, 0.4) is 0 Å². The van der Waals surface area contributed by atoms with Crippen LogP contribution < -0.4 is 10.2 Å². The summed E-state index contributed by atoms with van der Waals surface area (Å²) in [5.41, 5.74) is 1.82. The van der Waals surface area contributed by atoms with Crippen LogP contribution in [0.4, 0.5) is 14.9 Å². The Morgan fingerprint density at radius 2 is 1.82 bits per heavy atom. The first-order chi connectivity index (χ1) is 16.6. The predicted molar refractivity (Wildman–Crippen MR) is 130 cm³/mol. The molecule has 3 fully saturated rings. The second-order valence-electron chi connectivity index (χ2n) is 9.63. The number of likely N-dealkylation sites (tertiary alicyclic amines) is 1. The van der Waals surface area contributed by atoms with Crippen molar-refractivity contribution in [3.8, 4) is 6.07 Å². The lowest BCUT2D eigenvalue weighted by molar-refractivity contribution is 0.184. The van der Waals surface area contributed by atoms with E-state index in [9.17, 15) is 9.18 Å². The fourth-order valence-electron chi connectivity index (χ4n) is 5.58. The molecule has 2 aliphatic heterocycles. The fraction of sp³-hybridized carbons (Fsp3) is 0.444. The lowest BCUT2D eigenvalue weighted by Gasteiger charge is -2.44. The van der Waals surface area contributed by atoms with Crippen LogP contribution in [0.25, 0.3) is 0 Å². The molecule has 2 heterocycles. The first-order valence-corrected chi connectivity index (χ1v) is 12.2. The number of nitrogens with one attached hydrogen (secondary N) is 1. The molecule has 0 aromatic heterocycles. The van der Waals surface area contributed by atoms with Crippen molar-refractivity contribution in [1.82, 2.24) is 10.2 Å². The average molecular weight is 460 g/mol. The van der Waals surface area contributed by atoms with Crippen LogP contribution in [0.5, 0.6) is 0 Å². The number of nitriles is 1. The van der Waals surface area contributed by atoms with Gasteiger partial charge in [-0.3, -0.25) is 20.1 Å². The highest BCUT2D eigenvalue weighted by Crippen LogP contribution is 2.39. The Balaban J connectivity index is 1.41. The highest BCUT2D eigenvalue weighted by Gasteiger charge is 2.53. The lowest BCUT2D eigenvalue weighted by atomic mass is 9.84. The van der Waals surface area contributed by atoms with Crippen molar-refractivity contribution < 1.29 is 9.18 Å². The molecule has 2 aromatic carbocycles. The van der Waals surface area contributed by atoms with Gasteiger partial charge in [0.1, 0.15) is 17.2 Å². The van der Waals surface area contributed by atoms with Crippen LogP contribution in [0.1, 0.15) is 56.1 Å². The van der Waals surface area contributed by atoms with E-state index in [0.29, 0.717) is 11.3 Å². The van der Waals surface area contributed by atoms with Gasteiger partial charge in [-0.05, 0) is 61.6 Å². The third kappa shape index (κ3) is 4.43. The molecule has 6 nitrogen and oxygen atoms in total. The molecule has 2 aromatic rings. The van der Waals surface area contributed by atoms with E-state index in [1.54, 1.807) is 17.0 Å². The van der Waals surface area contributed by atoms with Gasteiger partial charge in [-0.1, -0.05) is 37.5 Å². The van der Waals surface area contributed by atoms with Gasteiger partial charge in [0.15, 0.2) is 0 Å². The molecule has 1 aliphatic carbocycles. The van der Waals surface area contributed by atoms with Crippen LogP contribution in [0.2, 0.25) is 0 Å². The summed E-state index contributed by atoms with van der Waals surface area (Å²) in [5.74, 6) is 0.406. The van der Waals surface area contributed by atoms with Crippen LogP contribution in [-0.2, 0) is 6.54 Å². The van der Waals surface area contributed by atoms with Crippen molar-refractivity contribution in [2.75, 3.05) is 18.0 Å². The topological polar surface area (TPSA) is 71.7 Å². The first kappa shape index (κ1) is 22.5.